The first-order chi connectivity index (χ1) is 9.90. The summed E-state index contributed by atoms with van der Waals surface area (Å²) in [7, 11) is 0. The van der Waals surface area contributed by atoms with E-state index in [0.717, 1.165) is 37.5 Å². The van der Waals surface area contributed by atoms with Gasteiger partial charge in [-0.15, -0.1) is 0 Å². The van der Waals surface area contributed by atoms with Gasteiger partial charge >= 0.3 is 0 Å². The molecule has 1 atom stereocenters. The molecular weight excluding hydrogens is 266 g/mol. The fraction of sp³-hybridized carbons (Fsp3) is 0.750. The van der Waals surface area contributed by atoms with Crippen molar-refractivity contribution in [3.8, 4) is 0 Å². The summed E-state index contributed by atoms with van der Waals surface area (Å²) in [4.78, 5) is 14.5. The molecule has 0 aromatic carbocycles. The number of hydrogen-bond donors (Lipinski definition) is 1. The van der Waals surface area contributed by atoms with Gasteiger partial charge in [-0.2, -0.15) is 0 Å². The smallest absolute Gasteiger partial charge is 0.224 e. The summed E-state index contributed by atoms with van der Waals surface area (Å²) in [6.07, 6.45) is 3.38. The maximum atomic E-state index is 12.2. The Labute approximate surface area is 126 Å². The predicted octanol–water partition coefficient (Wildman–Crippen LogP) is 2.29. The van der Waals surface area contributed by atoms with Crippen LogP contribution >= 0.6 is 0 Å². The van der Waals surface area contributed by atoms with Crippen LogP contribution < -0.4 is 5.32 Å². The first kappa shape index (κ1) is 14.6. The van der Waals surface area contributed by atoms with Gasteiger partial charge in [-0.25, -0.2) is 0 Å². The van der Waals surface area contributed by atoms with Crippen molar-refractivity contribution in [1.82, 2.24) is 15.4 Å². The fourth-order valence-electron chi connectivity index (χ4n) is 2.85. The zero-order valence-corrected chi connectivity index (χ0v) is 13.2. The molecule has 2 aliphatic rings. The number of amides is 1. The minimum absolute atomic E-state index is 0.0963. The molecule has 1 aromatic heterocycles. The average molecular weight is 291 g/mol. The molecule has 1 unspecified atom stereocenters. The lowest BCUT2D eigenvalue weighted by Crippen LogP contribution is -2.44. The van der Waals surface area contributed by atoms with Crippen molar-refractivity contribution in [3.05, 3.63) is 17.5 Å². The molecule has 0 spiro atoms. The lowest BCUT2D eigenvalue weighted by atomic mass is 10.0. The fourth-order valence-corrected chi connectivity index (χ4v) is 2.85. The molecule has 1 aliphatic carbocycles. The number of hydrogen-bond acceptors (Lipinski definition) is 4. The van der Waals surface area contributed by atoms with E-state index >= 15 is 0 Å². The van der Waals surface area contributed by atoms with Crippen molar-refractivity contribution < 1.29 is 9.32 Å². The maximum Gasteiger partial charge on any atom is 0.224 e. The topological polar surface area (TPSA) is 58.4 Å². The quantitative estimate of drug-likeness (QED) is 0.924. The second-order valence-corrected chi connectivity index (χ2v) is 7.45. The number of nitrogens with zero attached hydrogens (tertiary/aromatic N) is 2. The van der Waals surface area contributed by atoms with Gasteiger partial charge in [-0.3, -0.25) is 9.69 Å². The number of carbonyl (C=O) groups is 1. The number of carbonyl (C=O) groups excluding carboxylic acids is 1. The summed E-state index contributed by atoms with van der Waals surface area (Å²) in [5.41, 5.74) is 0.837. The summed E-state index contributed by atoms with van der Waals surface area (Å²) in [5, 5.41) is 7.23. The van der Waals surface area contributed by atoms with Crippen LogP contribution in [0, 0.1) is 5.92 Å². The van der Waals surface area contributed by atoms with Gasteiger partial charge in [0, 0.05) is 30.6 Å². The SMILES string of the molecule is CC(C)(C)NC(=O)C1CCN(Cc2cc(C3CC3)on2)C1. The molecule has 5 nitrogen and oxygen atoms in total. The summed E-state index contributed by atoms with van der Waals surface area (Å²) in [6.45, 7) is 8.61. The predicted molar refractivity (Wildman–Crippen MR) is 79.8 cm³/mol. The molecule has 1 aromatic rings. The van der Waals surface area contributed by atoms with Crippen LogP contribution in [-0.2, 0) is 11.3 Å². The molecule has 1 saturated carbocycles. The van der Waals surface area contributed by atoms with E-state index in [9.17, 15) is 4.79 Å². The molecule has 2 fully saturated rings. The maximum absolute atomic E-state index is 12.2. The molecule has 21 heavy (non-hydrogen) atoms. The number of nitrogens with one attached hydrogen (secondary N) is 1. The highest BCUT2D eigenvalue weighted by Crippen LogP contribution is 2.40. The highest BCUT2D eigenvalue weighted by molar-refractivity contribution is 5.79. The van der Waals surface area contributed by atoms with E-state index < -0.39 is 0 Å². The van der Waals surface area contributed by atoms with E-state index in [1.54, 1.807) is 0 Å². The van der Waals surface area contributed by atoms with E-state index in [0.29, 0.717) is 5.92 Å². The summed E-state index contributed by atoms with van der Waals surface area (Å²) >= 11 is 0. The van der Waals surface area contributed by atoms with Crippen LogP contribution in [0.5, 0.6) is 0 Å². The van der Waals surface area contributed by atoms with Crippen molar-refractivity contribution in [1.29, 1.82) is 0 Å². The van der Waals surface area contributed by atoms with Gasteiger partial charge in [0.1, 0.15) is 5.76 Å². The average Bonchev–Trinajstić information content (AvgIpc) is 2.95. The van der Waals surface area contributed by atoms with Crippen LogP contribution in [0.2, 0.25) is 0 Å². The zero-order chi connectivity index (χ0) is 15.0. The molecule has 1 N–H and O–H groups in total. The Kier molecular flexibility index (Phi) is 3.78. The Morgan fingerprint density at radius 2 is 2.19 bits per heavy atom. The summed E-state index contributed by atoms with van der Waals surface area (Å²) in [6, 6.07) is 2.08. The van der Waals surface area contributed by atoms with E-state index in [4.69, 9.17) is 4.52 Å². The van der Waals surface area contributed by atoms with Crippen LogP contribution in [0.1, 0.15) is 57.4 Å². The largest absolute Gasteiger partial charge is 0.361 e. The van der Waals surface area contributed by atoms with E-state index in [1.165, 1.54) is 12.8 Å². The lowest BCUT2D eigenvalue weighted by molar-refractivity contribution is -0.126. The third-order valence-corrected chi connectivity index (χ3v) is 4.08. The monoisotopic (exact) mass is 291 g/mol. The van der Waals surface area contributed by atoms with E-state index in [2.05, 4.69) is 21.4 Å². The van der Waals surface area contributed by atoms with Crippen LogP contribution in [0.15, 0.2) is 10.6 Å². The molecule has 1 aliphatic heterocycles. The third-order valence-electron chi connectivity index (χ3n) is 4.08. The normalized spacial score (nSPS) is 23.5. The Morgan fingerprint density at radius 3 is 2.86 bits per heavy atom. The van der Waals surface area contributed by atoms with Crippen molar-refractivity contribution in [2.75, 3.05) is 13.1 Å². The Morgan fingerprint density at radius 1 is 1.43 bits per heavy atom. The van der Waals surface area contributed by atoms with Crippen molar-refractivity contribution >= 4 is 5.91 Å². The zero-order valence-electron chi connectivity index (χ0n) is 13.2. The molecule has 2 heterocycles. The highest BCUT2D eigenvalue weighted by atomic mass is 16.5. The standard InChI is InChI=1S/C16H25N3O2/c1-16(2,3)17-15(20)12-6-7-19(9-12)10-13-8-14(21-18-13)11-4-5-11/h8,11-12H,4-7,9-10H2,1-3H3,(H,17,20). The molecule has 1 amide bonds. The molecule has 3 rings (SSSR count). The van der Waals surface area contributed by atoms with Crippen LogP contribution in [0.3, 0.4) is 0 Å². The molecule has 1 saturated heterocycles. The highest BCUT2D eigenvalue weighted by Gasteiger charge is 2.31. The minimum atomic E-state index is -0.157. The van der Waals surface area contributed by atoms with Gasteiger partial charge in [0.2, 0.25) is 5.91 Å². The van der Waals surface area contributed by atoms with E-state index in [-0.39, 0.29) is 17.4 Å². The molecule has 0 radical (unpaired) electrons. The summed E-state index contributed by atoms with van der Waals surface area (Å²) < 4.78 is 5.38. The van der Waals surface area contributed by atoms with Crippen LogP contribution in [-0.4, -0.2) is 34.6 Å². The van der Waals surface area contributed by atoms with Crippen LogP contribution in [0.4, 0.5) is 0 Å². The Balaban J connectivity index is 1.50. The first-order valence-electron chi connectivity index (χ1n) is 7.90. The van der Waals surface area contributed by atoms with Gasteiger partial charge < -0.3 is 9.84 Å². The second-order valence-electron chi connectivity index (χ2n) is 7.45. The van der Waals surface area contributed by atoms with Crippen LogP contribution in [0.25, 0.3) is 0 Å². The Bertz CT molecular complexity index is 514. The van der Waals surface area contributed by atoms with Gasteiger partial charge in [-0.1, -0.05) is 5.16 Å². The van der Waals surface area contributed by atoms with Crippen molar-refractivity contribution in [3.63, 3.8) is 0 Å². The van der Waals surface area contributed by atoms with Gasteiger partial charge in [0.25, 0.3) is 0 Å². The number of rotatable bonds is 4. The molecule has 5 heteroatoms. The third kappa shape index (κ3) is 3.84. The van der Waals surface area contributed by atoms with E-state index in [1.807, 2.05) is 20.8 Å². The van der Waals surface area contributed by atoms with Gasteiger partial charge in [-0.05, 0) is 46.6 Å². The first-order valence-corrected chi connectivity index (χ1v) is 7.90. The lowest BCUT2D eigenvalue weighted by Gasteiger charge is -2.23. The number of aromatic nitrogens is 1. The van der Waals surface area contributed by atoms with Gasteiger partial charge in [0.15, 0.2) is 0 Å². The Hall–Kier alpha value is -1.36. The second kappa shape index (κ2) is 5.44. The number of likely N-dealkylation sites (tertiary alicyclic amines) is 1. The van der Waals surface area contributed by atoms with Gasteiger partial charge in [0.05, 0.1) is 11.6 Å². The molecular formula is C16H25N3O2. The van der Waals surface area contributed by atoms with Crippen molar-refractivity contribution in [2.24, 2.45) is 5.92 Å². The summed E-state index contributed by atoms with van der Waals surface area (Å²) in [5.74, 6) is 1.91. The molecule has 116 valence electrons. The minimum Gasteiger partial charge on any atom is -0.361 e. The van der Waals surface area contributed by atoms with Crippen molar-refractivity contribution in [2.45, 2.75) is 58.0 Å². The molecule has 0 bridgehead atoms.